The van der Waals surface area contributed by atoms with E-state index in [2.05, 4.69) is 10.4 Å². The molecule has 0 atom stereocenters. The van der Waals surface area contributed by atoms with Crippen LogP contribution in [0.25, 0.3) is 0 Å². The SMILES string of the molecule is CCCn1nc(C(=O)NCC2(C(=O)O)CC2)ccc1=O. The Bertz CT molecular complexity index is 590. The van der Waals surface area contributed by atoms with Gasteiger partial charge in [0.25, 0.3) is 11.5 Å². The Morgan fingerprint density at radius 2 is 2.15 bits per heavy atom. The van der Waals surface area contributed by atoms with E-state index in [4.69, 9.17) is 5.11 Å². The van der Waals surface area contributed by atoms with E-state index in [9.17, 15) is 14.4 Å². The highest BCUT2D eigenvalue weighted by molar-refractivity contribution is 5.92. The fourth-order valence-corrected chi connectivity index (χ4v) is 1.90. The number of hydrogen-bond acceptors (Lipinski definition) is 4. The number of carbonyl (C=O) groups excluding carboxylic acids is 1. The molecule has 20 heavy (non-hydrogen) atoms. The largest absolute Gasteiger partial charge is 0.481 e. The van der Waals surface area contributed by atoms with Crippen molar-refractivity contribution in [2.75, 3.05) is 6.54 Å². The predicted molar refractivity (Wildman–Crippen MR) is 70.4 cm³/mol. The highest BCUT2D eigenvalue weighted by Gasteiger charge is 2.50. The van der Waals surface area contributed by atoms with Crippen molar-refractivity contribution in [1.29, 1.82) is 0 Å². The van der Waals surface area contributed by atoms with E-state index < -0.39 is 17.3 Å². The van der Waals surface area contributed by atoms with Gasteiger partial charge in [-0.1, -0.05) is 6.92 Å². The van der Waals surface area contributed by atoms with Crippen LogP contribution in [0.5, 0.6) is 0 Å². The summed E-state index contributed by atoms with van der Waals surface area (Å²) in [4.78, 5) is 34.4. The van der Waals surface area contributed by atoms with E-state index in [0.717, 1.165) is 6.42 Å². The second-order valence-electron chi connectivity index (χ2n) is 5.05. The maximum atomic E-state index is 11.9. The number of rotatable bonds is 6. The molecule has 2 N–H and O–H groups in total. The third kappa shape index (κ3) is 2.87. The molecule has 0 aliphatic heterocycles. The maximum absolute atomic E-state index is 11.9. The minimum atomic E-state index is -0.887. The summed E-state index contributed by atoms with van der Waals surface area (Å²) in [5.74, 6) is -1.34. The molecule has 1 fully saturated rings. The summed E-state index contributed by atoms with van der Waals surface area (Å²) in [6.07, 6.45) is 1.89. The normalized spacial score (nSPS) is 15.7. The minimum Gasteiger partial charge on any atom is -0.481 e. The lowest BCUT2D eigenvalue weighted by molar-refractivity contribution is -0.143. The zero-order valence-electron chi connectivity index (χ0n) is 11.3. The van der Waals surface area contributed by atoms with Gasteiger partial charge in [0, 0.05) is 19.2 Å². The topological polar surface area (TPSA) is 101 Å². The number of carboxylic acid groups (broad SMARTS) is 1. The van der Waals surface area contributed by atoms with Gasteiger partial charge in [-0.15, -0.1) is 0 Å². The molecule has 2 rings (SSSR count). The van der Waals surface area contributed by atoms with Gasteiger partial charge < -0.3 is 10.4 Å². The first-order valence-corrected chi connectivity index (χ1v) is 6.58. The molecule has 1 aliphatic carbocycles. The summed E-state index contributed by atoms with van der Waals surface area (Å²) in [6.45, 7) is 2.44. The highest BCUT2D eigenvalue weighted by atomic mass is 16.4. The summed E-state index contributed by atoms with van der Waals surface area (Å²) in [5, 5.41) is 15.6. The Kier molecular flexibility index (Phi) is 3.87. The predicted octanol–water partition coefficient (Wildman–Crippen LogP) is 0.248. The van der Waals surface area contributed by atoms with Crippen molar-refractivity contribution in [3.8, 4) is 0 Å². The van der Waals surface area contributed by atoms with E-state index in [1.54, 1.807) is 0 Å². The average molecular weight is 279 g/mol. The van der Waals surface area contributed by atoms with E-state index in [1.807, 2.05) is 6.92 Å². The van der Waals surface area contributed by atoms with Crippen LogP contribution >= 0.6 is 0 Å². The molecule has 1 amide bonds. The molecule has 0 bridgehead atoms. The first-order valence-electron chi connectivity index (χ1n) is 6.58. The molecule has 1 aromatic rings. The molecule has 7 heteroatoms. The number of aromatic nitrogens is 2. The van der Waals surface area contributed by atoms with Crippen LogP contribution in [-0.2, 0) is 11.3 Å². The molecule has 7 nitrogen and oxygen atoms in total. The number of hydrogen-bond donors (Lipinski definition) is 2. The molecule has 1 heterocycles. The van der Waals surface area contributed by atoms with Gasteiger partial charge in [-0.05, 0) is 25.3 Å². The molecule has 1 saturated carbocycles. The molecule has 1 aromatic heterocycles. The summed E-state index contributed by atoms with van der Waals surface area (Å²) in [7, 11) is 0. The Morgan fingerprint density at radius 1 is 1.45 bits per heavy atom. The Morgan fingerprint density at radius 3 is 2.70 bits per heavy atom. The number of carbonyl (C=O) groups is 2. The van der Waals surface area contributed by atoms with Crippen LogP contribution in [-0.4, -0.2) is 33.3 Å². The number of carboxylic acids is 1. The number of nitrogens with one attached hydrogen (secondary N) is 1. The Balaban J connectivity index is 2.04. The van der Waals surface area contributed by atoms with Gasteiger partial charge in [0.05, 0.1) is 5.41 Å². The van der Waals surface area contributed by atoms with Crippen LogP contribution in [0, 0.1) is 5.41 Å². The van der Waals surface area contributed by atoms with Gasteiger partial charge in [0.1, 0.15) is 5.69 Å². The molecule has 0 radical (unpaired) electrons. The average Bonchev–Trinajstić information content (AvgIpc) is 3.20. The van der Waals surface area contributed by atoms with E-state index in [-0.39, 0.29) is 17.8 Å². The fraction of sp³-hybridized carbons (Fsp3) is 0.538. The van der Waals surface area contributed by atoms with Gasteiger partial charge in [0.15, 0.2) is 0 Å². The summed E-state index contributed by atoms with van der Waals surface area (Å²) < 4.78 is 1.24. The van der Waals surface area contributed by atoms with Crippen LogP contribution in [0.1, 0.15) is 36.7 Å². The standard InChI is InChI=1S/C13H17N3O4/c1-2-7-16-10(17)4-3-9(15-16)11(18)14-8-13(5-6-13)12(19)20/h3-4H,2,5-8H2,1H3,(H,14,18)(H,19,20). The second kappa shape index (κ2) is 5.44. The third-order valence-corrected chi connectivity index (χ3v) is 3.43. The minimum absolute atomic E-state index is 0.0930. The Hall–Kier alpha value is -2.18. The van der Waals surface area contributed by atoms with Crippen LogP contribution in [0.15, 0.2) is 16.9 Å². The number of aliphatic carboxylic acids is 1. The second-order valence-corrected chi connectivity index (χ2v) is 5.05. The molecule has 0 saturated heterocycles. The third-order valence-electron chi connectivity index (χ3n) is 3.43. The monoisotopic (exact) mass is 279 g/mol. The zero-order chi connectivity index (χ0) is 14.8. The molecule has 1 aliphatic rings. The molecular weight excluding hydrogens is 262 g/mol. The fourth-order valence-electron chi connectivity index (χ4n) is 1.90. The first-order chi connectivity index (χ1) is 9.48. The van der Waals surface area contributed by atoms with Crippen molar-refractivity contribution < 1.29 is 14.7 Å². The van der Waals surface area contributed by atoms with E-state index >= 15 is 0 Å². The molecule has 0 aromatic carbocycles. The maximum Gasteiger partial charge on any atom is 0.311 e. The van der Waals surface area contributed by atoms with Gasteiger partial charge in [0.2, 0.25) is 0 Å². The number of aryl methyl sites for hydroxylation is 1. The smallest absolute Gasteiger partial charge is 0.311 e. The number of nitrogens with zero attached hydrogens (tertiary/aromatic N) is 2. The first kappa shape index (κ1) is 14.2. The molecule has 108 valence electrons. The lowest BCUT2D eigenvalue weighted by atomic mass is 10.1. The van der Waals surface area contributed by atoms with Crippen molar-refractivity contribution in [3.63, 3.8) is 0 Å². The molecule has 0 spiro atoms. The van der Waals surface area contributed by atoms with Crippen molar-refractivity contribution in [3.05, 3.63) is 28.2 Å². The Labute approximate surface area is 115 Å². The van der Waals surface area contributed by atoms with Gasteiger partial charge in [-0.3, -0.25) is 14.4 Å². The molecular formula is C13H17N3O4. The lowest BCUT2D eigenvalue weighted by Gasteiger charge is -2.11. The summed E-state index contributed by atoms with van der Waals surface area (Å²) in [5.41, 5.74) is -0.945. The van der Waals surface area contributed by atoms with E-state index in [0.29, 0.717) is 19.4 Å². The van der Waals surface area contributed by atoms with Crippen LogP contribution in [0.2, 0.25) is 0 Å². The van der Waals surface area contributed by atoms with E-state index in [1.165, 1.54) is 16.8 Å². The summed E-state index contributed by atoms with van der Waals surface area (Å²) in [6, 6.07) is 2.64. The van der Waals surface area contributed by atoms with Crippen LogP contribution < -0.4 is 10.9 Å². The lowest BCUT2D eigenvalue weighted by Crippen LogP contribution is -2.35. The number of amides is 1. The highest BCUT2D eigenvalue weighted by Crippen LogP contribution is 2.45. The van der Waals surface area contributed by atoms with Crippen LogP contribution in [0.3, 0.4) is 0 Å². The van der Waals surface area contributed by atoms with Crippen molar-refractivity contribution in [1.82, 2.24) is 15.1 Å². The summed E-state index contributed by atoms with van der Waals surface area (Å²) >= 11 is 0. The quantitative estimate of drug-likeness (QED) is 0.777. The van der Waals surface area contributed by atoms with Gasteiger partial charge in [-0.2, -0.15) is 5.10 Å². The van der Waals surface area contributed by atoms with Gasteiger partial charge >= 0.3 is 5.97 Å². The van der Waals surface area contributed by atoms with Crippen LogP contribution in [0.4, 0.5) is 0 Å². The molecule has 0 unspecified atom stereocenters. The van der Waals surface area contributed by atoms with Crippen molar-refractivity contribution in [2.45, 2.75) is 32.7 Å². The van der Waals surface area contributed by atoms with Crippen molar-refractivity contribution >= 4 is 11.9 Å². The van der Waals surface area contributed by atoms with Gasteiger partial charge in [-0.25, -0.2) is 4.68 Å². The van der Waals surface area contributed by atoms with Crippen molar-refractivity contribution in [2.24, 2.45) is 5.41 Å². The zero-order valence-corrected chi connectivity index (χ0v) is 11.3.